The van der Waals surface area contributed by atoms with Crippen LogP contribution in [0.2, 0.25) is 0 Å². The molecule has 10 nitrogen and oxygen atoms in total. The molecule has 3 N–H and O–H groups in total. The van der Waals surface area contributed by atoms with Crippen molar-refractivity contribution in [2.75, 3.05) is 6.61 Å². The second-order valence-electron chi connectivity index (χ2n) is 14.4. The van der Waals surface area contributed by atoms with Crippen LogP contribution in [-0.4, -0.2) is 86.5 Å². The first-order chi connectivity index (χ1) is 21.8. The van der Waals surface area contributed by atoms with Gasteiger partial charge in [-0.15, -0.1) is 0 Å². The molecule has 6 rings (SSSR count). The summed E-state index contributed by atoms with van der Waals surface area (Å²) >= 11 is 0. The van der Waals surface area contributed by atoms with Gasteiger partial charge in [0, 0.05) is 30.8 Å². The van der Waals surface area contributed by atoms with E-state index >= 15 is 0 Å². The van der Waals surface area contributed by atoms with Gasteiger partial charge in [-0.2, -0.15) is 0 Å². The number of ketones is 1. The minimum atomic E-state index is -2.38. The zero-order valence-corrected chi connectivity index (χ0v) is 27.7. The maximum atomic E-state index is 13.7. The number of unbranched alkanes of at least 4 members (excludes halogenated alkanes) is 7. The second-order valence-corrected chi connectivity index (χ2v) is 14.4. The van der Waals surface area contributed by atoms with Crippen molar-refractivity contribution < 1.29 is 48.6 Å². The number of esters is 1. The lowest BCUT2D eigenvalue weighted by Gasteiger charge is -2.61. The Morgan fingerprint density at radius 1 is 1.07 bits per heavy atom. The van der Waals surface area contributed by atoms with E-state index in [2.05, 4.69) is 19.6 Å². The molecule has 3 saturated heterocycles. The van der Waals surface area contributed by atoms with Crippen LogP contribution >= 0.6 is 0 Å². The minimum absolute atomic E-state index is 0.251. The van der Waals surface area contributed by atoms with Crippen LogP contribution in [0.25, 0.3) is 0 Å². The molecule has 254 valence electrons. The summed E-state index contributed by atoms with van der Waals surface area (Å²) in [6.45, 7) is 12.3. The predicted octanol–water partition coefficient (Wildman–Crippen LogP) is 3.97. The summed E-state index contributed by atoms with van der Waals surface area (Å²) in [5.74, 6) is -5.58. The van der Waals surface area contributed by atoms with Crippen LogP contribution in [0.5, 0.6) is 0 Å². The molecule has 3 heterocycles. The molecular formula is C36H50O10. The van der Waals surface area contributed by atoms with Gasteiger partial charge < -0.3 is 39.0 Å². The molecule has 3 aliphatic heterocycles. The lowest BCUT2D eigenvalue weighted by molar-refractivity contribution is -0.407. The molecule has 12 atom stereocenters. The van der Waals surface area contributed by atoms with Gasteiger partial charge in [0.1, 0.15) is 30.0 Å². The summed E-state index contributed by atoms with van der Waals surface area (Å²) in [6, 6.07) is 0. The van der Waals surface area contributed by atoms with E-state index in [9.17, 15) is 24.9 Å². The first kappa shape index (κ1) is 33.7. The monoisotopic (exact) mass is 642 g/mol. The van der Waals surface area contributed by atoms with Gasteiger partial charge in [0.2, 0.25) is 0 Å². The third kappa shape index (κ3) is 4.47. The minimum Gasteiger partial charge on any atom is -0.459 e. The average molecular weight is 643 g/mol. The van der Waals surface area contributed by atoms with Gasteiger partial charge in [0.05, 0.1) is 12.2 Å². The summed E-state index contributed by atoms with van der Waals surface area (Å²) < 4.78 is 32.6. The molecule has 0 aromatic heterocycles. The molecule has 10 heteroatoms. The van der Waals surface area contributed by atoms with Crippen LogP contribution in [-0.2, 0) is 33.3 Å². The molecular weight excluding hydrogens is 592 g/mol. The van der Waals surface area contributed by atoms with E-state index in [4.69, 9.17) is 23.7 Å². The highest BCUT2D eigenvalue weighted by Crippen LogP contribution is 2.73. The van der Waals surface area contributed by atoms with Crippen molar-refractivity contribution in [3.05, 3.63) is 48.1 Å². The molecule has 0 amide bonds. The van der Waals surface area contributed by atoms with Crippen molar-refractivity contribution in [1.82, 2.24) is 0 Å². The molecule has 3 bridgehead atoms. The third-order valence-corrected chi connectivity index (χ3v) is 11.6. The van der Waals surface area contributed by atoms with Crippen molar-refractivity contribution in [1.29, 1.82) is 0 Å². The quantitative estimate of drug-likeness (QED) is 0.0888. The molecule has 6 aliphatic rings. The maximum absolute atomic E-state index is 13.7. The van der Waals surface area contributed by atoms with Crippen LogP contribution < -0.4 is 0 Å². The summed E-state index contributed by atoms with van der Waals surface area (Å²) in [4.78, 5) is 26.3. The van der Waals surface area contributed by atoms with Gasteiger partial charge in [-0.3, -0.25) is 9.59 Å². The summed E-state index contributed by atoms with van der Waals surface area (Å²) in [6.07, 6.45) is 14.1. The second kappa shape index (κ2) is 11.8. The van der Waals surface area contributed by atoms with Gasteiger partial charge in [0.15, 0.2) is 17.0 Å². The zero-order chi connectivity index (χ0) is 33.3. The molecule has 5 fully saturated rings. The zero-order valence-electron chi connectivity index (χ0n) is 27.7. The molecule has 2 saturated carbocycles. The summed E-state index contributed by atoms with van der Waals surface area (Å²) in [7, 11) is 0. The highest BCUT2D eigenvalue weighted by atomic mass is 16.9. The standard InChI is InChI=1S/C36H50O10/c1-7-8-9-10-11-12-13-14-15-16-17-18-33-44-30-26-29-32(20-37,43-29)31(40)34(41)25(19-22(4)27(34)39)36(26,46-33)23(5)28(42-24(6)38)35(30,45-33)21(2)3/h15-19,23,25-26,28-31,37,40-41H,2,7-14,20H2,1,3-6H3/b16-15+,18-17+/t23-,25+,26-,28+,29-,30+,31+,32-,33+,34+,35-,36-/m0/s1. The summed E-state index contributed by atoms with van der Waals surface area (Å²) in [5.41, 5.74) is -6.13. The SMILES string of the molecule is C=C(C)[C@@]12O[C@@]3(/C=C/C=C/CCCCCCCCC)O[C@@H]1[C@@H]1[C@@H]4O[C@]4(CO)[C@@H](O)[C@]4(O)C(=O)C(C)=C[C@H]4[C@@]1(O3)[C@@H](C)[C@H]2OC(C)=O. The highest BCUT2D eigenvalue weighted by molar-refractivity contribution is 6.05. The number of carbonyl (C=O) groups excluding carboxylic acids is 2. The first-order valence-corrected chi connectivity index (χ1v) is 17.0. The van der Waals surface area contributed by atoms with Crippen LogP contribution in [0, 0.1) is 17.8 Å². The Morgan fingerprint density at radius 2 is 1.76 bits per heavy atom. The number of Topliss-reactive ketones (excluding diaryl/α,β-unsaturated/α-hetero) is 1. The molecule has 46 heavy (non-hydrogen) atoms. The van der Waals surface area contributed by atoms with E-state index in [1.54, 1.807) is 32.1 Å². The number of hydrogen-bond acceptors (Lipinski definition) is 10. The molecule has 0 aromatic carbocycles. The Balaban J connectivity index is 1.39. The number of fused-ring (bicyclic) bond motifs is 3. The fourth-order valence-electron chi connectivity index (χ4n) is 9.37. The maximum Gasteiger partial charge on any atom is 0.307 e. The average Bonchev–Trinajstić information content (AvgIpc) is 3.64. The Morgan fingerprint density at radius 3 is 2.41 bits per heavy atom. The smallest absolute Gasteiger partial charge is 0.307 e. The van der Waals surface area contributed by atoms with Crippen molar-refractivity contribution in [3.63, 3.8) is 0 Å². The van der Waals surface area contributed by atoms with Gasteiger partial charge in [0.25, 0.3) is 0 Å². The third-order valence-electron chi connectivity index (χ3n) is 11.6. The highest BCUT2D eigenvalue weighted by Gasteiger charge is 2.90. The largest absolute Gasteiger partial charge is 0.459 e. The Hall–Kier alpha value is -2.18. The number of epoxide rings is 1. The van der Waals surface area contributed by atoms with Crippen LogP contribution in [0.4, 0.5) is 0 Å². The lowest BCUT2D eigenvalue weighted by Crippen LogP contribution is -2.76. The van der Waals surface area contributed by atoms with E-state index in [1.165, 1.54) is 45.4 Å². The molecule has 0 unspecified atom stereocenters. The number of ether oxygens (including phenoxy) is 5. The topological polar surface area (TPSA) is 144 Å². The van der Waals surface area contributed by atoms with Gasteiger partial charge in [-0.25, -0.2) is 0 Å². The fraction of sp³-hybridized carbons (Fsp3) is 0.722. The number of allylic oxidation sites excluding steroid dienone is 3. The number of hydrogen-bond donors (Lipinski definition) is 3. The van der Waals surface area contributed by atoms with Gasteiger partial charge in [-0.05, 0) is 37.8 Å². The van der Waals surface area contributed by atoms with E-state index in [0.29, 0.717) is 5.57 Å². The van der Waals surface area contributed by atoms with Crippen molar-refractivity contribution in [2.45, 2.75) is 139 Å². The van der Waals surface area contributed by atoms with E-state index in [-0.39, 0.29) is 5.57 Å². The van der Waals surface area contributed by atoms with Crippen molar-refractivity contribution in [3.8, 4) is 0 Å². The van der Waals surface area contributed by atoms with E-state index in [0.717, 1.165) is 12.8 Å². The number of aliphatic hydroxyl groups is 3. The van der Waals surface area contributed by atoms with Gasteiger partial charge in [-0.1, -0.05) is 83.3 Å². The predicted molar refractivity (Wildman–Crippen MR) is 167 cm³/mol. The molecule has 3 aliphatic carbocycles. The Kier molecular flexibility index (Phi) is 8.61. The van der Waals surface area contributed by atoms with E-state index in [1.807, 2.05) is 13.0 Å². The lowest BCUT2D eigenvalue weighted by atomic mass is 9.53. The number of rotatable bonds is 13. The van der Waals surface area contributed by atoms with Crippen molar-refractivity contribution >= 4 is 11.8 Å². The number of carbonyl (C=O) groups is 2. The van der Waals surface area contributed by atoms with Crippen molar-refractivity contribution in [2.24, 2.45) is 17.8 Å². The number of aliphatic hydroxyl groups excluding tert-OH is 2. The van der Waals surface area contributed by atoms with Gasteiger partial charge >= 0.3 is 11.9 Å². The summed E-state index contributed by atoms with van der Waals surface area (Å²) in [5, 5.41) is 34.6. The Bertz CT molecular complexity index is 1350. The fourth-order valence-corrected chi connectivity index (χ4v) is 9.37. The van der Waals surface area contributed by atoms with E-state index < -0.39 is 88.9 Å². The molecule has 0 radical (unpaired) electrons. The normalized spacial score (nSPS) is 46.7. The van der Waals surface area contributed by atoms with Crippen LogP contribution in [0.3, 0.4) is 0 Å². The van der Waals surface area contributed by atoms with Crippen LogP contribution in [0.1, 0.15) is 86.0 Å². The van der Waals surface area contributed by atoms with Crippen LogP contribution in [0.15, 0.2) is 48.1 Å². The first-order valence-electron chi connectivity index (χ1n) is 17.0. The molecule has 0 spiro atoms. The Labute approximate surface area is 271 Å². The molecule has 0 aromatic rings.